The van der Waals surface area contributed by atoms with Crippen molar-refractivity contribution in [2.45, 2.75) is 20.3 Å². The summed E-state index contributed by atoms with van der Waals surface area (Å²) in [5, 5.41) is 22.1. The quantitative estimate of drug-likeness (QED) is 0.399. The standard InChI is InChI=1S/C14H16O4.2Na/c1-9(2)12(14(17)18)11(13(15)16)8-10-6-4-3-5-7-10;;/h3-7,9H,8H2,1-2H3,(H,15,16)(H,17,18);;/q;2*+1/p-2. The number of hydrogen-bond donors (Lipinski definition) is 0. The number of aliphatic carboxylic acids is 2. The van der Waals surface area contributed by atoms with E-state index in [0.29, 0.717) is 0 Å². The summed E-state index contributed by atoms with van der Waals surface area (Å²) in [6.07, 6.45) is 0.0185. The summed E-state index contributed by atoms with van der Waals surface area (Å²) in [4.78, 5) is 22.1. The van der Waals surface area contributed by atoms with Crippen molar-refractivity contribution in [3.63, 3.8) is 0 Å². The zero-order chi connectivity index (χ0) is 13.7. The fourth-order valence-electron chi connectivity index (χ4n) is 1.78. The number of rotatable bonds is 5. The molecule has 1 aromatic rings. The Morgan fingerprint density at radius 2 is 1.50 bits per heavy atom. The average molecular weight is 292 g/mol. The molecule has 0 aliphatic carbocycles. The van der Waals surface area contributed by atoms with Crippen LogP contribution in [-0.4, -0.2) is 11.9 Å². The van der Waals surface area contributed by atoms with Crippen molar-refractivity contribution in [3.05, 3.63) is 47.0 Å². The zero-order valence-electron chi connectivity index (χ0n) is 12.3. The normalized spacial score (nSPS) is 10.9. The van der Waals surface area contributed by atoms with Crippen LogP contribution in [0.25, 0.3) is 0 Å². The molecule has 0 fully saturated rings. The van der Waals surface area contributed by atoms with Crippen molar-refractivity contribution < 1.29 is 78.9 Å². The Morgan fingerprint density at radius 1 is 1.00 bits per heavy atom. The van der Waals surface area contributed by atoms with E-state index in [2.05, 4.69) is 0 Å². The summed E-state index contributed by atoms with van der Waals surface area (Å²) in [7, 11) is 0. The Hall–Kier alpha value is -0.1000. The minimum atomic E-state index is -1.47. The van der Waals surface area contributed by atoms with Gasteiger partial charge in [-0.1, -0.05) is 44.2 Å². The second-order valence-electron chi connectivity index (χ2n) is 4.28. The van der Waals surface area contributed by atoms with Gasteiger partial charge >= 0.3 is 59.1 Å². The number of carbonyl (C=O) groups excluding carboxylic acids is 2. The smallest absolute Gasteiger partial charge is 0.545 e. The summed E-state index contributed by atoms with van der Waals surface area (Å²) in [5.41, 5.74) is 0.283. The molecule has 6 heteroatoms. The molecule has 0 aliphatic rings. The predicted molar refractivity (Wildman–Crippen MR) is 62.0 cm³/mol. The predicted octanol–water partition coefficient (Wildman–Crippen LogP) is -6.31. The van der Waals surface area contributed by atoms with Gasteiger partial charge in [-0.05, 0) is 29.0 Å². The van der Waals surface area contributed by atoms with Gasteiger partial charge in [0.25, 0.3) is 0 Å². The van der Waals surface area contributed by atoms with Crippen LogP contribution in [0, 0.1) is 5.92 Å². The summed E-state index contributed by atoms with van der Waals surface area (Å²) < 4.78 is 0. The molecule has 0 aromatic heterocycles. The van der Waals surface area contributed by atoms with Gasteiger partial charge in [-0.15, -0.1) is 0 Å². The molecule has 0 spiro atoms. The van der Waals surface area contributed by atoms with E-state index in [1.165, 1.54) is 0 Å². The van der Waals surface area contributed by atoms with Crippen LogP contribution in [0.1, 0.15) is 19.4 Å². The third-order valence-corrected chi connectivity index (χ3v) is 2.59. The van der Waals surface area contributed by atoms with Gasteiger partial charge in [0.15, 0.2) is 0 Å². The molecule has 0 saturated carbocycles. The number of carbonyl (C=O) groups is 2. The van der Waals surface area contributed by atoms with Gasteiger partial charge < -0.3 is 19.8 Å². The van der Waals surface area contributed by atoms with E-state index >= 15 is 0 Å². The molecule has 0 heterocycles. The molecule has 0 atom stereocenters. The Bertz CT molecular complexity index is 481. The van der Waals surface area contributed by atoms with E-state index in [-0.39, 0.29) is 76.7 Å². The summed E-state index contributed by atoms with van der Waals surface area (Å²) >= 11 is 0. The second kappa shape index (κ2) is 10.6. The average Bonchev–Trinajstić information content (AvgIpc) is 2.28. The van der Waals surface area contributed by atoms with Crippen molar-refractivity contribution in [2.75, 3.05) is 0 Å². The third-order valence-electron chi connectivity index (χ3n) is 2.59. The summed E-state index contributed by atoms with van der Waals surface area (Å²) in [5.74, 6) is -3.36. The van der Waals surface area contributed by atoms with E-state index in [4.69, 9.17) is 0 Å². The molecular weight excluding hydrogens is 278 g/mol. The van der Waals surface area contributed by atoms with Gasteiger partial charge in [0.05, 0.1) is 11.9 Å². The maximum Gasteiger partial charge on any atom is 1.00 e. The van der Waals surface area contributed by atoms with E-state index in [1.807, 2.05) is 0 Å². The zero-order valence-corrected chi connectivity index (χ0v) is 16.3. The van der Waals surface area contributed by atoms with Crippen LogP contribution >= 0.6 is 0 Å². The monoisotopic (exact) mass is 292 g/mol. The molecule has 0 bridgehead atoms. The SMILES string of the molecule is CC(C)C(C(=O)[O-])=C(Cc1ccccc1)C(=O)[O-].[Na+].[Na+]. The first-order valence-electron chi connectivity index (χ1n) is 5.63. The first-order valence-corrected chi connectivity index (χ1v) is 5.63. The summed E-state index contributed by atoms with van der Waals surface area (Å²) in [6, 6.07) is 8.78. The van der Waals surface area contributed by atoms with E-state index in [9.17, 15) is 19.8 Å². The fraction of sp³-hybridized carbons (Fsp3) is 0.286. The Labute approximate surface area is 162 Å². The van der Waals surface area contributed by atoms with Crippen LogP contribution in [0.3, 0.4) is 0 Å². The van der Waals surface area contributed by atoms with Crippen LogP contribution in [0.4, 0.5) is 0 Å². The maximum absolute atomic E-state index is 11.1. The van der Waals surface area contributed by atoms with Crippen LogP contribution in [0.2, 0.25) is 0 Å². The maximum atomic E-state index is 11.1. The topological polar surface area (TPSA) is 80.3 Å². The molecule has 4 nitrogen and oxygen atoms in total. The van der Waals surface area contributed by atoms with Crippen LogP contribution in [-0.2, 0) is 16.0 Å². The van der Waals surface area contributed by atoms with Crippen molar-refractivity contribution in [1.29, 1.82) is 0 Å². The van der Waals surface area contributed by atoms with Crippen LogP contribution < -0.4 is 69.3 Å². The van der Waals surface area contributed by atoms with Crippen LogP contribution in [0.5, 0.6) is 0 Å². The minimum absolute atomic E-state index is 0. The number of hydrogen-bond acceptors (Lipinski definition) is 4. The van der Waals surface area contributed by atoms with Crippen molar-refractivity contribution in [2.24, 2.45) is 5.92 Å². The molecule has 1 rings (SSSR count). The molecule has 0 aliphatic heterocycles. The second-order valence-corrected chi connectivity index (χ2v) is 4.28. The molecule has 96 valence electrons. The van der Waals surface area contributed by atoms with Gasteiger partial charge in [0.1, 0.15) is 0 Å². The van der Waals surface area contributed by atoms with Gasteiger partial charge in [-0.2, -0.15) is 0 Å². The van der Waals surface area contributed by atoms with E-state index in [1.54, 1.807) is 44.2 Å². The van der Waals surface area contributed by atoms with Crippen molar-refractivity contribution in [3.8, 4) is 0 Å². The van der Waals surface area contributed by atoms with Crippen LogP contribution in [0.15, 0.2) is 41.5 Å². The molecule has 0 radical (unpaired) electrons. The fourth-order valence-corrected chi connectivity index (χ4v) is 1.78. The molecule has 0 unspecified atom stereocenters. The molecular formula is C14H14Na2O4. The Morgan fingerprint density at radius 3 is 1.85 bits per heavy atom. The molecule has 20 heavy (non-hydrogen) atoms. The van der Waals surface area contributed by atoms with Crippen molar-refractivity contribution >= 4 is 11.9 Å². The van der Waals surface area contributed by atoms with Crippen molar-refractivity contribution in [1.82, 2.24) is 0 Å². The number of benzene rings is 1. The van der Waals surface area contributed by atoms with E-state index < -0.39 is 17.9 Å². The third kappa shape index (κ3) is 6.57. The minimum Gasteiger partial charge on any atom is -0.545 e. The first kappa shape index (κ1) is 22.2. The Balaban J connectivity index is 0. The van der Waals surface area contributed by atoms with Gasteiger partial charge in [-0.3, -0.25) is 0 Å². The van der Waals surface area contributed by atoms with Gasteiger partial charge in [-0.25, -0.2) is 0 Å². The number of carboxylic acids is 2. The molecule has 0 N–H and O–H groups in total. The number of carboxylic acid groups (broad SMARTS) is 2. The first-order chi connectivity index (χ1) is 8.43. The van der Waals surface area contributed by atoms with Gasteiger partial charge in [0, 0.05) is 0 Å². The molecule has 0 amide bonds. The largest absolute Gasteiger partial charge is 1.00 e. The van der Waals surface area contributed by atoms with E-state index in [0.717, 1.165) is 5.56 Å². The molecule has 1 aromatic carbocycles. The summed E-state index contributed by atoms with van der Waals surface area (Å²) in [6.45, 7) is 3.22. The molecule has 0 saturated heterocycles. The van der Waals surface area contributed by atoms with Gasteiger partial charge in [0.2, 0.25) is 0 Å². The Kier molecular flexibility index (Phi) is 11.8.